The van der Waals surface area contributed by atoms with Crippen LogP contribution in [0.4, 0.5) is 0 Å². The molecule has 4 aromatic carbocycles. The van der Waals surface area contributed by atoms with Crippen molar-refractivity contribution in [3.05, 3.63) is 129 Å². The molecule has 0 bridgehead atoms. The van der Waals surface area contributed by atoms with E-state index in [1.54, 1.807) is 22.3 Å². The molecule has 7 rings (SSSR count). The Morgan fingerprint density at radius 3 is 1.30 bits per heavy atom. The van der Waals surface area contributed by atoms with E-state index in [0.29, 0.717) is 19.2 Å². The van der Waals surface area contributed by atoms with Gasteiger partial charge in [-0.15, -0.1) is 0 Å². The molecule has 0 amide bonds. The zero-order chi connectivity index (χ0) is 31.0. The SMILES string of the molecule is CCC1(CC)C2=Cc3c(-c4ccc(C(C)C)cc4)cccc3[CH]2[Hf]([CH3])([CH3])[CH]2C1=Cc1c(-c3ccc(C(C)C)cc3)cccc12. The third-order valence-corrected chi connectivity index (χ3v) is 26.9. The Labute approximate surface area is 270 Å². The van der Waals surface area contributed by atoms with Gasteiger partial charge in [0.05, 0.1) is 0 Å². The van der Waals surface area contributed by atoms with E-state index in [-0.39, 0.29) is 5.41 Å². The fraction of sp³-hybridized carbons (Fsp3) is 0.349. The summed E-state index contributed by atoms with van der Waals surface area (Å²) >= 11 is -3.08. The van der Waals surface area contributed by atoms with Crippen LogP contribution in [0.25, 0.3) is 34.4 Å². The molecule has 0 nitrogen and oxygen atoms in total. The van der Waals surface area contributed by atoms with Crippen LogP contribution in [0.5, 0.6) is 0 Å². The summed E-state index contributed by atoms with van der Waals surface area (Å²) < 4.78 is 6.79. The van der Waals surface area contributed by atoms with Crippen LogP contribution < -0.4 is 0 Å². The van der Waals surface area contributed by atoms with E-state index in [0.717, 1.165) is 12.8 Å². The Morgan fingerprint density at radius 2 is 0.955 bits per heavy atom. The monoisotopic (exact) mass is 744 g/mol. The molecule has 0 N–H and O–H groups in total. The first-order valence-corrected chi connectivity index (χ1v) is 28.4. The predicted molar refractivity (Wildman–Crippen MR) is 188 cm³/mol. The molecule has 4 aromatic rings. The van der Waals surface area contributed by atoms with E-state index in [2.05, 4.69) is 148 Å². The summed E-state index contributed by atoms with van der Waals surface area (Å²) in [4.78, 5) is 0. The molecule has 2 unspecified atom stereocenters. The van der Waals surface area contributed by atoms with Gasteiger partial charge in [0.25, 0.3) is 0 Å². The molecular formula is C43H48Hf. The molecule has 2 aliphatic carbocycles. The van der Waals surface area contributed by atoms with Crippen LogP contribution in [0, 0.1) is 5.41 Å². The molecular weight excluding hydrogens is 695 g/mol. The van der Waals surface area contributed by atoms with E-state index in [4.69, 9.17) is 0 Å². The Balaban J connectivity index is 1.40. The molecule has 3 aliphatic rings. The summed E-state index contributed by atoms with van der Waals surface area (Å²) in [6.45, 7) is 14.0. The van der Waals surface area contributed by atoms with Crippen LogP contribution in [0.15, 0.2) is 96.1 Å². The van der Waals surface area contributed by atoms with Gasteiger partial charge < -0.3 is 0 Å². The maximum absolute atomic E-state index is 3.08. The molecule has 44 heavy (non-hydrogen) atoms. The first kappa shape index (κ1) is 29.9. The number of hydrogen-bond donors (Lipinski definition) is 0. The molecule has 1 fully saturated rings. The summed E-state index contributed by atoms with van der Waals surface area (Å²) in [5.74, 6) is 1.10. The van der Waals surface area contributed by atoms with Crippen molar-refractivity contribution in [1.29, 1.82) is 0 Å². The number of benzene rings is 4. The van der Waals surface area contributed by atoms with Crippen LogP contribution in [0.2, 0.25) is 9.36 Å². The Kier molecular flexibility index (Phi) is 7.44. The van der Waals surface area contributed by atoms with Crippen molar-refractivity contribution in [1.82, 2.24) is 0 Å². The van der Waals surface area contributed by atoms with Crippen molar-refractivity contribution < 1.29 is 20.0 Å². The normalized spacial score (nSPS) is 20.6. The second kappa shape index (κ2) is 10.9. The quantitative estimate of drug-likeness (QED) is 0.173. The zero-order valence-electron chi connectivity index (χ0n) is 28.0. The van der Waals surface area contributed by atoms with Crippen LogP contribution in [-0.4, -0.2) is 0 Å². The summed E-state index contributed by atoms with van der Waals surface area (Å²) in [6, 6.07) is 33.2. The van der Waals surface area contributed by atoms with E-state index in [1.165, 1.54) is 44.5 Å². The molecule has 1 saturated heterocycles. The molecule has 2 atom stereocenters. The average Bonchev–Trinajstić information content (AvgIpc) is 3.63. The van der Waals surface area contributed by atoms with Crippen LogP contribution in [0.1, 0.15) is 107 Å². The Morgan fingerprint density at radius 1 is 0.568 bits per heavy atom. The first-order valence-electron chi connectivity index (χ1n) is 17.0. The fourth-order valence-electron chi connectivity index (χ4n) is 9.23. The van der Waals surface area contributed by atoms with Gasteiger partial charge in [-0.25, -0.2) is 0 Å². The van der Waals surface area contributed by atoms with Gasteiger partial charge in [-0.1, -0.05) is 0 Å². The summed E-state index contributed by atoms with van der Waals surface area (Å²) in [6.07, 6.45) is 7.70. The predicted octanol–water partition coefficient (Wildman–Crippen LogP) is 12.9. The molecule has 0 aromatic heterocycles. The van der Waals surface area contributed by atoms with Crippen LogP contribution >= 0.6 is 0 Å². The minimum absolute atomic E-state index is 0.112. The van der Waals surface area contributed by atoms with Gasteiger partial charge in [-0.05, 0) is 0 Å². The molecule has 224 valence electrons. The Bertz CT molecular complexity index is 1660. The second-order valence-corrected chi connectivity index (χ2v) is 32.1. The van der Waals surface area contributed by atoms with E-state index >= 15 is 0 Å². The van der Waals surface area contributed by atoms with E-state index in [1.807, 2.05) is 0 Å². The molecule has 0 saturated carbocycles. The van der Waals surface area contributed by atoms with Gasteiger partial charge in [-0.2, -0.15) is 0 Å². The van der Waals surface area contributed by atoms with E-state index < -0.39 is 20.0 Å². The van der Waals surface area contributed by atoms with Crippen molar-refractivity contribution in [2.24, 2.45) is 5.41 Å². The third kappa shape index (κ3) is 4.32. The van der Waals surface area contributed by atoms with Crippen molar-refractivity contribution >= 4 is 12.2 Å². The topological polar surface area (TPSA) is 0 Å². The first-order chi connectivity index (χ1) is 21.1. The van der Waals surface area contributed by atoms with Gasteiger partial charge in [0.2, 0.25) is 0 Å². The number of hydrogen-bond acceptors (Lipinski definition) is 0. The van der Waals surface area contributed by atoms with Crippen molar-refractivity contribution in [2.45, 2.75) is 82.9 Å². The van der Waals surface area contributed by atoms with E-state index in [9.17, 15) is 0 Å². The summed E-state index contributed by atoms with van der Waals surface area (Å²) in [5, 5.41) is 0. The molecule has 1 aliphatic heterocycles. The summed E-state index contributed by atoms with van der Waals surface area (Å²) in [7, 11) is 0. The van der Waals surface area contributed by atoms with Gasteiger partial charge in [0, 0.05) is 0 Å². The van der Waals surface area contributed by atoms with Crippen LogP contribution in [0.3, 0.4) is 0 Å². The van der Waals surface area contributed by atoms with Gasteiger partial charge in [0.15, 0.2) is 0 Å². The van der Waals surface area contributed by atoms with Crippen LogP contribution in [-0.2, 0) is 20.0 Å². The molecule has 0 spiro atoms. The zero-order valence-corrected chi connectivity index (χ0v) is 31.6. The van der Waals surface area contributed by atoms with Crippen molar-refractivity contribution in [3.63, 3.8) is 0 Å². The summed E-state index contributed by atoms with van der Waals surface area (Å²) in [5.41, 5.74) is 18.2. The van der Waals surface area contributed by atoms with Crippen molar-refractivity contribution in [2.75, 3.05) is 0 Å². The van der Waals surface area contributed by atoms with Gasteiger partial charge >= 0.3 is 272 Å². The van der Waals surface area contributed by atoms with Gasteiger partial charge in [0.1, 0.15) is 0 Å². The Hall–Kier alpha value is -2.77. The third-order valence-electron chi connectivity index (χ3n) is 11.7. The number of fused-ring (bicyclic) bond motifs is 6. The second-order valence-electron chi connectivity index (χ2n) is 14.8. The maximum atomic E-state index is 2.78. The molecule has 0 radical (unpaired) electrons. The average molecular weight is 743 g/mol. The minimum atomic E-state index is -3.08. The molecule has 1 heteroatoms. The molecule has 1 heterocycles. The van der Waals surface area contributed by atoms with Crippen molar-refractivity contribution in [3.8, 4) is 22.3 Å². The standard InChI is InChI=1S/C41H42.2CH3.Hf/c1-7-41(8-2,35-23-33-11-9-13-37(39(33)25-35)31-19-15-29(16-20-31)27(3)4)36-24-34-12-10-14-38(40(34)26-36)32-21-17-30(18-22-32)28(5)6;;;/h9-28H,7-8H2,1-6H3;2*1H3;. The van der Waals surface area contributed by atoms with Gasteiger partial charge in [-0.3, -0.25) is 0 Å². The number of allylic oxidation sites excluding steroid dienone is 2. The fourth-order valence-corrected chi connectivity index (χ4v) is 26.3. The number of rotatable bonds is 6.